The van der Waals surface area contributed by atoms with Crippen molar-refractivity contribution < 1.29 is 37.9 Å². The molecule has 0 aliphatic rings. The molecule has 52 heavy (non-hydrogen) atoms. The van der Waals surface area contributed by atoms with Crippen molar-refractivity contribution in [1.82, 2.24) is 5.32 Å². The van der Waals surface area contributed by atoms with Crippen molar-refractivity contribution in [2.75, 3.05) is 26.4 Å². The quantitative estimate of drug-likeness (QED) is 0.0244. The van der Waals surface area contributed by atoms with Crippen LogP contribution in [0.15, 0.2) is 24.3 Å². The van der Waals surface area contributed by atoms with Gasteiger partial charge in [0.2, 0.25) is 5.91 Å². The number of hydrogen-bond acceptors (Lipinski definition) is 7. The number of hydrogen-bond donors (Lipinski definition) is 3. The molecule has 0 saturated heterocycles. The number of unbranched alkanes of at least 4 members (excludes halogenated alkanes) is 23. The summed E-state index contributed by atoms with van der Waals surface area (Å²) in [5.41, 5.74) is 0. The number of phosphoric acid groups is 1. The van der Waals surface area contributed by atoms with E-state index in [1.54, 1.807) is 0 Å². The molecule has 0 aliphatic heterocycles. The van der Waals surface area contributed by atoms with Crippen LogP contribution in [0.25, 0.3) is 0 Å². The summed E-state index contributed by atoms with van der Waals surface area (Å²) in [5.74, 6) is -0.519. The number of phosphoric ester groups is 1. The van der Waals surface area contributed by atoms with E-state index in [9.17, 15) is 24.2 Å². The van der Waals surface area contributed by atoms with Gasteiger partial charge in [0.05, 0.1) is 13.2 Å². The Labute approximate surface area is 319 Å². The van der Waals surface area contributed by atoms with Gasteiger partial charge in [-0.2, -0.15) is 0 Å². The van der Waals surface area contributed by atoms with Gasteiger partial charge in [0.1, 0.15) is 12.7 Å². The highest BCUT2D eigenvalue weighted by Gasteiger charge is 2.23. The van der Waals surface area contributed by atoms with E-state index < -0.39 is 26.5 Å². The van der Waals surface area contributed by atoms with Crippen LogP contribution in [0.2, 0.25) is 0 Å². The second kappa shape index (κ2) is 39.2. The normalized spacial score (nSPS) is 13.5. The summed E-state index contributed by atoms with van der Waals surface area (Å²) < 4.78 is 26.8. The highest BCUT2D eigenvalue weighted by atomic mass is 31.2. The molecule has 0 fully saturated rings. The first-order valence-corrected chi connectivity index (χ1v) is 22.8. The van der Waals surface area contributed by atoms with E-state index in [0.29, 0.717) is 6.42 Å². The minimum atomic E-state index is -4.41. The number of allylic oxidation sites excluding steroid dienone is 4. The van der Waals surface area contributed by atoms with Crippen molar-refractivity contribution in [3.05, 3.63) is 24.3 Å². The zero-order valence-electron chi connectivity index (χ0n) is 33.5. The number of amides is 1. The molecule has 0 aromatic heterocycles. The van der Waals surface area contributed by atoms with Crippen LogP contribution in [0.1, 0.15) is 200 Å². The molecule has 10 heteroatoms. The van der Waals surface area contributed by atoms with Gasteiger partial charge < -0.3 is 20.1 Å². The molecular weight excluding hydrogens is 677 g/mol. The average molecular weight is 758 g/mol. The highest BCUT2D eigenvalue weighted by molar-refractivity contribution is 7.47. The molecule has 1 amide bonds. The number of esters is 1. The maximum absolute atomic E-state index is 12.1. The fourth-order valence-corrected chi connectivity index (χ4v) is 6.64. The molecular formula is C42H80NO8P. The molecule has 9 nitrogen and oxygen atoms in total. The number of carbonyl (C=O) groups excluding carboxylic acids is 2. The van der Waals surface area contributed by atoms with Gasteiger partial charge in [-0.15, -0.1) is 0 Å². The van der Waals surface area contributed by atoms with Crippen molar-refractivity contribution in [2.24, 2.45) is 0 Å². The molecule has 0 radical (unpaired) electrons. The molecule has 0 aromatic carbocycles. The van der Waals surface area contributed by atoms with Crippen LogP contribution in [0.3, 0.4) is 0 Å². The van der Waals surface area contributed by atoms with Gasteiger partial charge in [-0.3, -0.25) is 18.6 Å². The van der Waals surface area contributed by atoms with E-state index in [1.165, 1.54) is 116 Å². The third-order valence-electron chi connectivity index (χ3n) is 9.13. The van der Waals surface area contributed by atoms with Crippen LogP contribution >= 0.6 is 7.82 Å². The molecule has 2 unspecified atom stereocenters. The van der Waals surface area contributed by atoms with Gasteiger partial charge in [-0.25, -0.2) is 4.57 Å². The predicted molar refractivity (Wildman–Crippen MR) is 215 cm³/mol. The lowest BCUT2D eigenvalue weighted by Gasteiger charge is -2.15. The minimum absolute atomic E-state index is 0.0839. The van der Waals surface area contributed by atoms with Crippen molar-refractivity contribution in [3.8, 4) is 0 Å². The Hall–Kier alpha value is -1.51. The summed E-state index contributed by atoms with van der Waals surface area (Å²) in [6.45, 7) is 3.54. The van der Waals surface area contributed by atoms with E-state index in [0.717, 1.165) is 57.8 Å². The van der Waals surface area contributed by atoms with E-state index in [-0.39, 0.29) is 32.1 Å². The SMILES string of the molecule is CCCCCC/C=C\C/C=C\CCCCCCCCCC(=O)OCC(O)COP(=O)(O)OCCNC(=O)CCCCCCCCCCCCCCC. The lowest BCUT2D eigenvalue weighted by Crippen LogP contribution is -2.27. The number of aliphatic hydroxyl groups excluding tert-OH is 1. The second-order valence-electron chi connectivity index (χ2n) is 14.3. The average Bonchev–Trinajstić information content (AvgIpc) is 3.13. The van der Waals surface area contributed by atoms with Crippen molar-refractivity contribution in [3.63, 3.8) is 0 Å². The molecule has 3 N–H and O–H groups in total. The number of nitrogens with one attached hydrogen (secondary N) is 1. The van der Waals surface area contributed by atoms with Crippen LogP contribution in [-0.2, 0) is 27.9 Å². The standard InChI is InChI=1S/C42H80NO8P/c1-3-5-7-9-11-13-15-17-18-19-20-21-23-25-27-29-31-33-35-42(46)49-38-40(44)39-51-52(47,48)50-37-36-43-41(45)34-32-30-28-26-24-22-16-14-12-10-8-6-4-2/h13,15,18-19,40,44H,3-12,14,16-17,20-39H2,1-2H3,(H,43,45)(H,47,48)/b15-13-,19-18-. The van der Waals surface area contributed by atoms with E-state index >= 15 is 0 Å². The van der Waals surface area contributed by atoms with Crippen LogP contribution in [-0.4, -0.2) is 54.3 Å². The number of rotatable bonds is 40. The van der Waals surface area contributed by atoms with Crippen molar-refractivity contribution in [2.45, 2.75) is 206 Å². The zero-order valence-corrected chi connectivity index (χ0v) is 34.4. The predicted octanol–water partition coefficient (Wildman–Crippen LogP) is 11.6. The number of ether oxygens (including phenoxy) is 1. The van der Waals surface area contributed by atoms with Crippen LogP contribution in [0.4, 0.5) is 0 Å². The molecule has 0 aliphatic carbocycles. The van der Waals surface area contributed by atoms with Crippen LogP contribution in [0.5, 0.6) is 0 Å². The van der Waals surface area contributed by atoms with Gasteiger partial charge in [-0.1, -0.05) is 167 Å². The third kappa shape index (κ3) is 39.7. The van der Waals surface area contributed by atoms with Crippen molar-refractivity contribution >= 4 is 19.7 Å². The third-order valence-corrected chi connectivity index (χ3v) is 10.1. The number of carbonyl (C=O) groups is 2. The fourth-order valence-electron chi connectivity index (χ4n) is 5.88. The Morgan fingerprint density at radius 2 is 1.04 bits per heavy atom. The Kier molecular flexibility index (Phi) is 38.1. The van der Waals surface area contributed by atoms with Crippen molar-refractivity contribution in [1.29, 1.82) is 0 Å². The Morgan fingerprint density at radius 1 is 0.596 bits per heavy atom. The maximum atomic E-state index is 12.1. The molecule has 306 valence electrons. The van der Waals surface area contributed by atoms with E-state index in [2.05, 4.69) is 43.5 Å². The first-order chi connectivity index (χ1) is 25.3. The zero-order chi connectivity index (χ0) is 38.2. The van der Waals surface area contributed by atoms with Crippen LogP contribution < -0.4 is 5.32 Å². The Morgan fingerprint density at radius 3 is 1.56 bits per heavy atom. The maximum Gasteiger partial charge on any atom is 0.472 e. The van der Waals surface area contributed by atoms with Gasteiger partial charge in [0.25, 0.3) is 0 Å². The smallest absolute Gasteiger partial charge is 0.463 e. The summed E-state index contributed by atoms with van der Waals surface area (Å²) in [6.07, 6.45) is 41.0. The molecule has 0 saturated carbocycles. The fraction of sp³-hybridized carbons (Fsp3) is 0.857. The molecule has 0 aromatic rings. The largest absolute Gasteiger partial charge is 0.472 e. The summed E-state index contributed by atoms with van der Waals surface area (Å²) in [5, 5.41) is 12.7. The van der Waals surface area contributed by atoms with Gasteiger partial charge >= 0.3 is 13.8 Å². The summed E-state index contributed by atoms with van der Waals surface area (Å²) >= 11 is 0. The highest BCUT2D eigenvalue weighted by Crippen LogP contribution is 2.42. The minimum Gasteiger partial charge on any atom is -0.463 e. The lowest BCUT2D eigenvalue weighted by atomic mass is 10.0. The molecule has 2 atom stereocenters. The molecule has 0 bridgehead atoms. The van der Waals surface area contributed by atoms with Gasteiger partial charge in [-0.05, 0) is 44.9 Å². The van der Waals surface area contributed by atoms with Crippen LogP contribution in [0, 0.1) is 0 Å². The first kappa shape index (κ1) is 50.5. The van der Waals surface area contributed by atoms with Gasteiger partial charge in [0.15, 0.2) is 0 Å². The topological polar surface area (TPSA) is 131 Å². The monoisotopic (exact) mass is 758 g/mol. The Bertz CT molecular complexity index is 912. The second-order valence-corrected chi connectivity index (χ2v) is 15.8. The van der Waals surface area contributed by atoms with E-state index in [1.807, 2.05) is 0 Å². The summed E-state index contributed by atoms with van der Waals surface area (Å²) in [7, 11) is -4.41. The molecule has 0 spiro atoms. The summed E-state index contributed by atoms with van der Waals surface area (Å²) in [4.78, 5) is 33.8. The Balaban J connectivity index is 3.60. The van der Waals surface area contributed by atoms with Gasteiger partial charge in [0, 0.05) is 19.4 Å². The van der Waals surface area contributed by atoms with E-state index in [4.69, 9.17) is 13.8 Å². The lowest BCUT2D eigenvalue weighted by molar-refractivity contribution is -0.147. The first-order valence-electron chi connectivity index (χ1n) is 21.3. The molecule has 0 heterocycles. The summed E-state index contributed by atoms with van der Waals surface area (Å²) in [6, 6.07) is 0. The molecule has 0 rings (SSSR count). The number of aliphatic hydroxyl groups is 1.